The van der Waals surface area contributed by atoms with Crippen molar-refractivity contribution < 1.29 is 4.79 Å². The number of hydrogen-bond donors (Lipinski definition) is 1. The molecule has 0 aromatic heterocycles. The summed E-state index contributed by atoms with van der Waals surface area (Å²) < 4.78 is 0. The molecule has 0 radical (unpaired) electrons. The van der Waals surface area contributed by atoms with Crippen molar-refractivity contribution in [3.8, 4) is 0 Å². The van der Waals surface area contributed by atoms with Crippen molar-refractivity contribution in [3.05, 3.63) is 0 Å². The Morgan fingerprint density at radius 3 is 2.37 bits per heavy atom. The number of piperidine rings is 1. The van der Waals surface area contributed by atoms with Crippen LogP contribution in [-0.2, 0) is 0 Å². The number of nitrogens with zero attached hydrogens (tertiary/aromatic N) is 2. The Balaban J connectivity index is 1.92. The van der Waals surface area contributed by atoms with Crippen LogP contribution in [0.3, 0.4) is 0 Å². The summed E-state index contributed by atoms with van der Waals surface area (Å²) in [5.41, 5.74) is 0. The normalized spacial score (nSPS) is 29.2. The van der Waals surface area contributed by atoms with Crippen LogP contribution in [0, 0.1) is 5.92 Å². The van der Waals surface area contributed by atoms with Crippen molar-refractivity contribution in [1.82, 2.24) is 15.1 Å². The maximum absolute atomic E-state index is 12.6. The van der Waals surface area contributed by atoms with Gasteiger partial charge in [0.2, 0.25) is 0 Å². The number of carbonyl (C=O) groups excluding carboxylic acids is 1. The molecule has 110 valence electrons. The maximum Gasteiger partial charge on any atom is 0.320 e. The lowest BCUT2D eigenvalue weighted by atomic mass is 9.90. The SMILES string of the molecule is CCC1CN(C(=O)N2CCCCCC2)CCC1NC. The van der Waals surface area contributed by atoms with E-state index in [2.05, 4.69) is 22.0 Å². The molecule has 2 unspecified atom stereocenters. The van der Waals surface area contributed by atoms with Crippen molar-refractivity contribution in [2.75, 3.05) is 33.2 Å². The molecular weight excluding hydrogens is 238 g/mol. The molecule has 2 saturated heterocycles. The Morgan fingerprint density at radius 2 is 1.79 bits per heavy atom. The van der Waals surface area contributed by atoms with Crippen LogP contribution in [0.1, 0.15) is 45.4 Å². The topological polar surface area (TPSA) is 35.6 Å². The molecule has 2 aliphatic rings. The average molecular weight is 267 g/mol. The van der Waals surface area contributed by atoms with Gasteiger partial charge in [0.15, 0.2) is 0 Å². The molecule has 4 heteroatoms. The molecule has 1 N–H and O–H groups in total. The Bertz CT molecular complexity index is 287. The Morgan fingerprint density at radius 1 is 1.11 bits per heavy atom. The summed E-state index contributed by atoms with van der Waals surface area (Å²) >= 11 is 0. The molecule has 0 saturated carbocycles. The van der Waals surface area contributed by atoms with E-state index >= 15 is 0 Å². The van der Waals surface area contributed by atoms with Crippen LogP contribution < -0.4 is 5.32 Å². The van der Waals surface area contributed by atoms with Crippen LogP contribution in [-0.4, -0.2) is 55.1 Å². The zero-order valence-corrected chi connectivity index (χ0v) is 12.5. The van der Waals surface area contributed by atoms with E-state index < -0.39 is 0 Å². The molecule has 0 bridgehead atoms. The Hall–Kier alpha value is -0.770. The first-order chi connectivity index (χ1) is 9.26. The second-order valence-electron chi connectivity index (χ2n) is 5.98. The summed E-state index contributed by atoms with van der Waals surface area (Å²) in [6.45, 7) is 5.99. The van der Waals surface area contributed by atoms with Gasteiger partial charge >= 0.3 is 6.03 Å². The zero-order chi connectivity index (χ0) is 13.7. The van der Waals surface area contributed by atoms with Crippen molar-refractivity contribution >= 4 is 6.03 Å². The van der Waals surface area contributed by atoms with E-state index in [1.807, 2.05) is 7.05 Å². The molecule has 2 aliphatic heterocycles. The van der Waals surface area contributed by atoms with Crippen LogP contribution in [0.25, 0.3) is 0 Å². The fraction of sp³-hybridized carbons (Fsp3) is 0.933. The summed E-state index contributed by atoms with van der Waals surface area (Å²) in [6, 6.07) is 0.869. The van der Waals surface area contributed by atoms with Gasteiger partial charge in [-0.15, -0.1) is 0 Å². The summed E-state index contributed by atoms with van der Waals surface area (Å²) in [5.74, 6) is 0.606. The van der Waals surface area contributed by atoms with Crippen LogP contribution in [0.15, 0.2) is 0 Å². The molecule has 4 nitrogen and oxygen atoms in total. The second kappa shape index (κ2) is 7.13. The van der Waals surface area contributed by atoms with E-state index in [-0.39, 0.29) is 6.03 Å². The Labute approximate surface area is 117 Å². The van der Waals surface area contributed by atoms with Crippen LogP contribution >= 0.6 is 0 Å². The van der Waals surface area contributed by atoms with Crippen molar-refractivity contribution in [2.24, 2.45) is 5.92 Å². The summed E-state index contributed by atoms with van der Waals surface area (Å²) in [6.07, 6.45) is 7.15. The van der Waals surface area contributed by atoms with E-state index in [1.54, 1.807) is 0 Å². The maximum atomic E-state index is 12.6. The first kappa shape index (κ1) is 14.6. The van der Waals surface area contributed by atoms with Crippen LogP contribution in [0.2, 0.25) is 0 Å². The first-order valence-electron chi connectivity index (χ1n) is 7.97. The van der Waals surface area contributed by atoms with Gasteiger partial charge in [-0.3, -0.25) is 0 Å². The number of likely N-dealkylation sites (tertiary alicyclic amines) is 2. The highest BCUT2D eigenvalue weighted by Gasteiger charge is 2.31. The molecule has 2 heterocycles. The van der Waals surface area contributed by atoms with Crippen molar-refractivity contribution in [3.63, 3.8) is 0 Å². The van der Waals surface area contributed by atoms with Crippen LogP contribution in [0.5, 0.6) is 0 Å². The van der Waals surface area contributed by atoms with E-state index in [4.69, 9.17) is 0 Å². The lowest BCUT2D eigenvalue weighted by molar-refractivity contribution is 0.115. The number of nitrogens with one attached hydrogen (secondary N) is 1. The fourth-order valence-electron chi connectivity index (χ4n) is 3.46. The van der Waals surface area contributed by atoms with Gasteiger partial charge in [0, 0.05) is 32.2 Å². The predicted molar refractivity (Wildman–Crippen MR) is 78.3 cm³/mol. The highest BCUT2D eigenvalue weighted by Crippen LogP contribution is 2.22. The molecule has 0 aromatic rings. The van der Waals surface area contributed by atoms with Crippen LogP contribution in [0.4, 0.5) is 4.79 Å². The molecule has 0 spiro atoms. The third-order valence-corrected chi connectivity index (χ3v) is 4.78. The van der Waals surface area contributed by atoms with Gasteiger partial charge < -0.3 is 15.1 Å². The minimum atomic E-state index is 0.287. The standard InChI is InChI=1S/C15H29N3O/c1-3-13-12-18(11-8-14(13)16-2)15(19)17-9-6-4-5-7-10-17/h13-14,16H,3-12H2,1-2H3. The van der Waals surface area contributed by atoms with E-state index in [9.17, 15) is 4.79 Å². The minimum Gasteiger partial charge on any atom is -0.325 e. The number of urea groups is 1. The van der Waals surface area contributed by atoms with E-state index in [0.29, 0.717) is 12.0 Å². The third kappa shape index (κ3) is 3.62. The minimum absolute atomic E-state index is 0.287. The van der Waals surface area contributed by atoms with Gasteiger partial charge in [-0.05, 0) is 32.2 Å². The molecule has 2 atom stereocenters. The highest BCUT2D eigenvalue weighted by molar-refractivity contribution is 5.74. The highest BCUT2D eigenvalue weighted by atomic mass is 16.2. The molecule has 0 aliphatic carbocycles. The number of hydrogen-bond acceptors (Lipinski definition) is 2. The number of amides is 2. The Kier molecular flexibility index (Phi) is 5.49. The molecular formula is C15H29N3O. The van der Waals surface area contributed by atoms with Gasteiger partial charge in [-0.25, -0.2) is 4.79 Å². The number of carbonyl (C=O) groups is 1. The quantitative estimate of drug-likeness (QED) is 0.833. The second-order valence-corrected chi connectivity index (χ2v) is 5.98. The predicted octanol–water partition coefficient (Wildman–Crippen LogP) is 2.30. The lowest BCUT2D eigenvalue weighted by Gasteiger charge is -2.40. The molecule has 0 aromatic carbocycles. The first-order valence-corrected chi connectivity index (χ1v) is 7.97. The monoisotopic (exact) mass is 267 g/mol. The number of rotatable bonds is 2. The van der Waals surface area contributed by atoms with Gasteiger partial charge in [0.05, 0.1) is 0 Å². The van der Waals surface area contributed by atoms with Gasteiger partial charge in [0.1, 0.15) is 0 Å². The largest absolute Gasteiger partial charge is 0.325 e. The molecule has 2 amide bonds. The van der Waals surface area contributed by atoms with E-state index in [1.165, 1.54) is 25.7 Å². The van der Waals surface area contributed by atoms with Crippen molar-refractivity contribution in [1.29, 1.82) is 0 Å². The van der Waals surface area contributed by atoms with Gasteiger partial charge in [-0.1, -0.05) is 26.2 Å². The average Bonchev–Trinajstić information content (AvgIpc) is 2.74. The van der Waals surface area contributed by atoms with Gasteiger partial charge in [0.25, 0.3) is 0 Å². The summed E-state index contributed by atoms with van der Waals surface area (Å²) in [5, 5.41) is 3.40. The van der Waals surface area contributed by atoms with E-state index in [0.717, 1.165) is 39.0 Å². The zero-order valence-electron chi connectivity index (χ0n) is 12.5. The summed E-state index contributed by atoms with van der Waals surface area (Å²) in [7, 11) is 2.04. The van der Waals surface area contributed by atoms with Gasteiger partial charge in [-0.2, -0.15) is 0 Å². The smallest absolute Gasteiger partial charge is 0.320 e. The third-order valence-electron chi connectivity index (χ3n) is 4.78. The molecule has 19 heavy (non-hydrogen) atoms. The molecule has 2 rings (SSSR count). The van der Waals surface area contributed by atoms with Crippen molar-refractivity contribution in [2.45, 2.75) is 51.5 Å². The fourth-order valence-corrected chi connectivity index (χ4v) is 3.46. The lowest BCUT2D eigenvalue weighted by Crippen LogP contribution is -2.53. The summed E-state index contributed by atoms with van der Waals surface area (Å²) in [4.78, 5) is 16.8. The molecule has 2 fully saturated rings.